The minimum atomic E-state index is -0.0178. The quantitative estimate of drug-likeness (QED) is 0.252. The Labute approximate surface area is 216 Å². The maximum Gasteiger partial charge on any atom is 0.223 e. The topological polar surface area (TPSA) is 65.6 Å². The summed E-state index contributed by atoms with van der Waals surface area (Å²) in [5.74, 6) is 0.918. The van der Waals surface area contributed by atoms with E-state index in [9.17, 15) is 4.79 Å². The molecular formula is C25H33ClN4O2S2. The number of nitrogens with zero attached hydrogens (tertiary/aromatic N) is 1. The lowest BCUT2D eigenvalue weighted by molar-refractivity contribution is -0.120. The molecule has 2 aromatic rings. The zero-order valence-corrected chi connectivity index (χ0v) is 21.7. The highest BCUT2D eigenvalue weighted by Crippen LogP contribution is 2.24. The minimum Gasteiger partial charge on any atom is -0.492 e. The van der Waals surface area contributed by atoms with Crippen molar-refractivity contribution in [1.82, 2.24) is 15.5 Å². The molecule has 184 valence electrons. The number of amides is 1. The number of thiocarbonyl (C=S) groups is 1. The van der Waals surface area contributed by atoms with Crippen molar-refractivity contribution in [2.75, 3.05) is 31.6 Å². The lowest BCUT2D eigenvalue weighted by Gasteiger charge is -2.25. The van der Waals surface area contributed by atoms with Gasteiger partial charge in [0.05, 0.1) is 6.61 Å². The summed E-state index contributed by atoms with van der Waals surface area (Å²) in [5, 5.41) is 12.2. The van der Waals surface area contributed by atoms with Gasteiger partial charge in [0.25, 0.3) is 0 Å². The number of carbonyl (C=O) groups is 1. The standard InChI is InChI=1S/C25H33ClN4O2S2/c26-20-8-10-21(11-9-20)29-25(33)28-13-6-7-24(31)27-12-2-5-16-32-22-17-23(34-19-22)18-30-14-3-1-4-15-30/h2,8-12,17,19H,1,3-7,13-16,18H2,(H,27,31)(H2,28,29,33)/b12-2-. The molecule has 0 radical (unpaired) electrons. The van der Waals surface area contributed by atoms with Crippen LogP contribution in [0.2, 0.25) is 5.02 Å². The van der Waals surface area contributed by atoms with Crippen LogP contribution < -0.4 is 20.7 Å². The van der Waals surface area contributed by atoms with Crippen LogP contribution in [0, 0.1) is 0 Å². The fraction of sp³-hybridized carbons (Fsp3) is 0.440. The van der Waals surface area contributed by atoms with Gasteiger partial charge in [0.15, 0.2) is 5.11 Å². The molecule has 0 spiro atoms. The molecule has 0 atom stereocenters. The van der Waals surface area contributed by atoms with Crippen molar-refractivity contribution in [2.45, 2.75) is 45.1 Å². The van der Waals surface area contributed by atoms with Crippen molar-refractivity contribution < 1.29 is 9.53 Å². The third-order valence-electron chi connectivity index (χ3n) is 5.34. The number of carbonyl (C=O) groups excluding carboxylic acids is 1. The fourth-order valence-corrected chi connectivity index (χ4v) is 4.76. The van der Waals surface area contributed by atoms with E-state index in [-0.39, 0.29) is 5.91 Å². The summed E-state index contributed by atoms with van der Waals surface area (Å²) in [5.41, 5.74) is 0.866. The molecule has 0 saturated carbocycles. The van der Waals surface area contributed by atoms with E-state index in [1.165, 1.54) is 37.2 Å². The predicted octanol–water partition coefficient (Wildman–Crippen LogP) is 5.55. The molecule has 2 heterocycles. The van der Waals surface area contributed by atoms with Crippen LogP contribution in [0.3, 0.4) is 0 Å². The Balaban J connectivity index is 1.19. The van der Waals surface area contributed by atoms with E-state index < -0.39 is 0 Å². The normalized spacial score (nSPS) is 14.1. The molecular weight excluding hydrogens is 488 g/mol. The maximum absolute atomic E-state index is 11.9. The van der Waals surface area contributed by atoms with Gasteiger partial charge in [0, 0.05) is 46.9 Å². The number of nitrogens with one attached hydrogen (secondary N) is 3. The molecule has 0 bridgehead atoms. The van der Waals surface area contributed by atoms with Crippen LogP contribution in [0.15, 0.2) is 48.0 Å². The number of ether oxygens (including phenoxy) is 1. The Morgan fingerprint density at radius 1 is 1.21 bits per heavy atom. The Kier molecular flexibility index (Phi) is 11.7. The highest BCUT2D eigenvalue weighted by Gasteiger charge is 2.11. The molecule has 1 aromatic carbocycles. The van der Waals surface area contributed by atoms with E-state index in [0.29, 0.717) is 36.1 Å². The molecule has 1 aliphatic heterocycles. The molecule has 1 aromatic heterocycles. The van der Waals surface area contributed by atoms with Gasteiger partial charge in [0.2, 0.25) is 5.91 Å². The number of hydrogen-bond acceptors (Lipinski definition) is 5. The average molecular weight is 521 g/mol. The summed E-state index contributed by atoms with van der Waals surface area (Å²) in [4.78, 5) is 15.8. The summed E-state index contributed by atoms with van der Waals surface area (Å²) >= 11 is 12.9. The number of likely N-dealkylation sites (tertiary alicyclic amines) is 1. The smallest absolute Gasteiger partial charge is 0.223 e. The van der Waals surface area contributed by atoms with Crippen molar-refractivity contribution in [3.63, 3.8) is 0 Å². The number of piperidine rings is 1. The average Bonchev–Trinajstić information content (AvgIpc) is 3.28. The summed E-state index contributed by atoms with van der Waals surface area (Å²) < 4.78 is 5.83. The summed E-state index contributed by atoms with van der Waals surface area (Å²) in [7, 11) is 0. The summed E-state index contributed by atoms with van der Waals surface area (Å²) in [6, 6.07) is 9.46. The van der Waals surface area contributed by atoms with E-state index in [1.54, 1.807) is 29.7 Å². The number of anilines is 1. The van der Waals surface area contributed by atoms with Crippen LogP contribution in [0.25, 0.3) is 0 Å². The number of rotatable bonds is 12. The first kappa shape index (κ1) is 26.5. The van der Waals surface area contributed by atoms with Crippen molar-refractivity contribution in [3.05, 3.63) is 57.9 Å². The zero-order valence-electron chi connectivity index (χ0n) is 19.4. The number of thiophene rings is 1. The highest BCUT2D eigenvalue weighted by atomic mass is 35.5. The molecule has 1 amide bonds. The maximum atomic E-state index is 11.9. The van der Waals surface area contributed by atoms with Gasteiger partial charge < -0.3 is 20.7 Å². The Hall–Kier alpha value is -2.13. The Morgan fingerprint density at radius 3 is 2.79 bits per heavy atom. The van der Waals surface area contributed by atoms with Crippen LogP contribution in [0.5, 0.6) is 5.75 Å². The van der Waals surface area contributed by atoms with Gasteiger partial charge in [-0.1, -0.05) is 24.1 Å². The predicted molar refractivity (Wildman–Crippen MR) is 146 cm³/mol. The van der Waals surface area contributed by atoms with Gasteiger partial charge in [0.1, 0.15) is 5.75 Å². The first-order chi connectivity index (χ1) is 16.6. The van der Waals surface area contributed by atoms with Crippen molar-refractivity contribution >= 4 is 51.9 Å². The number of halogens is 1. The third-order valence-corrected chi connectivity index (χ3v) is 6.74. The van der Waals surface area contributed by atoms with E-state index in [1.807, 2.05) is 18.2 Å². The van der Waals surface area contributed by atoms with Gasteiger partial charge in [-0.3, -0.25) is 9.69 Å². The van der Waals surface area contributed by atoms with Crippen molar-refractivity contribution in [1.29, 1.82) is 0 Å². The minimum absolute atomic E-state index is 0.0178. The second kappa shape index (κ2) is 15.0. The molecule has 3 rings (SSSR count). The monoisotopic (exact) mass is 520 g/mol. The molecule has 34 heavy (non-hydrogen) atoms. The van der Waals surface area contributed by atoms with E-state index in [2.05, 4.69) is 32.3 Å². The van der Waals surface area contributed by atoms with E-state index in [0.717, 1.165) is 24.4 Å². The molecule has 9 heteroatoms. The van der Waals surface area contributed by atoms with Gasteiger partial charge in [-0.25, -0.2) is 0 Å². The lowest BCUT2D eigenvalue weighted by Crippen LogP contribution is -2.30. The van der Waals surface area contributed by atoms with Crippen LogP contribution in [-0.4, -0.2) is 42.2 Å². The Morgan fingerprint density at radius 2 is 2.00 bits per heavy atom. The van der Waals surface area contributed by atoms with Gasteiger partial charge in [-0.2, -0.15) is 0 Å². The molecule has 6 nitrogen and oxygen atoms in total. The second-order valence-electron chi connectivity index (χ2n) is 8.18. The molecule has 1 saturated heterocycles. The largest absolute Gasteiger partial charge is 0.492 e. The second-order valence-corrected chi connectivity index (χ2v) is 10.0. The van der Waals surface area contributed by atoms with Crippen LogP contribution in [0.4, 0.5) is 5.69 Å². The fourth-order valence-electron chi connectivity index (χ4n) is 3.57. The van der Waals surface area contributed by atoms with Crippen LogP contribution >= 0.6 is 35.2 Å². The first-order valence-corrected chi connectivity index (χ1v) is 13.4. The molecule has 3 N–H and O–H groups in total. The summed E-state index contributed by atoms with van der Waals surface area (Å²) in [6.07, 6.45) is 9.44. The molecule has 1 fully saturated rings. The van der Waals surface area contributed by atoms with Crippen molar-refractivity contribution in [3.8, 4) is 5.75 Å². The highest BCUT2D eigenvalue weighted by molar-refractivity contribution is 7.80. The molecule has 1 aliphatic rings. The number of benzene rings is 1. The van der Waals surface area contributed by atoms with Crippen LogP contribution in [-0.2, 0) is 11.3 Å². The van der Waals surface area contributed by atoms with Gasteiger partial charge >= 0.3 is 0 Å². The molecule has 0 unspecified atom stereocenters. The first-order valence-electron chi connectivity index (χ1n) is 11.8. The van der Waals surface area contributed by atoms with Crippen LogP contribution in [0.1, 0.15) is 43.4 Å². The SMILES string of the molecule is O=C(CCCNC(=S)Nc1ccc(Cl)cc1)N/C=C\CCOc1csc(CN2CCCCC2)c1. The van der Waals surface area contributed by atoms with Gasteiger partial charge in [-0.15, -0.1) is 11.3 Å². The Bertz CT molecular complexity index is 927. The van der Waals surface area contributed by atoms with Crippen molar-refractivity contribution in [2.24, 2.45) is 0 Å². The van der Waals surface area contributed by atoms with Gasteiger partial charge in [-0.05, 0) is 81.1 Å². The lowest BCUT2D eigenvalue weighted by atomic mass is 10.1. The molecule has 0 aliphatic carbocycles. The number of hydrogen-bond donors (Lipinski definition) is 3. The summed E-state index contributed by atoms with van der Waals surface area (Å²) in [6.45, 7) is 4.64. The zero-order chi connectivity index (χ0) is 24.0. The third kappa shape index (κ3) is 10.4. The van der Waals surface area contributed by atoms with E-state index >= 15 is 0 Å². The van der Waals surface area contributed by atoms with E-state index in [4.69, 9.17) is 28.6 Å².